The van der Waals surface area contributed by atoms with E-state index in [-0.39, 0.29) is 24.4 Å². The van der Waals surface area contributed by atoms with E-state index in [1.54, 1.807) is 0 Å². The molecular weight excluding hydrogens is 378 g/mol. The predicted molar refractivity (Wildman–Crippen MR) is 114 cm³/mol. The maximum atomic E-state index is 12.9. The second-order valence-corrected chi connectivity index (χ2v) is 8.18. The molecule has 1 saturated heterocycles. The molecule has 0 radical (unpaired) electrons. The summed E-state index contributed by atoms with van der Waals surface area (Å²) >= 11 is 0. The summed E-state index contributed by atoms with van der Waals surface area (Å²) in [4.78, 5) is 39.3. The lowest BCUT2D eigenvalue weighted by atomic mass is 9.82. The van der Waals surface area contributed by atoms with Gasteiger partial charge in [0.05, 0.1) is 6.04 Å². The van der Waals surface area contributed by atoms with E-state index in [0.717, 1.165) is 35.3 Å². The Labute approximate surface area is 176 Å². The predicted octanol–water partition coefficient (Wildman–Crippen LogP) is 3.34. The Morgan fingerprint density at radius 1 is 0.967 bits per heavy atom. The number of amides is 4. The largest absolute Gasteiger partial charge is 0.347 e. The minimum atomic E-state index is -0.807. The topological polar surface area (TPSA) is 78.5 Å². The standard InChI is InChI=1S/C24H27N3O3/c28-21(17-27-22(29)24(26-23(27)30)14-8-3-9-15-24)25-20(19-12-6-2-7-13-19)16-18-10-4-1-5-11-18/h1-2,4-7,10-13,20H,3,8-9,14-17H2,(H,25,28)(H,26,30)/t20-/m0/s1. The highest BCUT2D eigenvalue weighted by molar-refractivity contribution is 6.09. The van der Waals surface area contributed by atoms with Crippen LogP contribution in [0.4, 0.5) is 4.79 Å². The molecular formula is C24H27N3O3. The highest BCUT2D eigenvalue weighted by Crippen LogP contribution is 2.33. The first-order chi connectivity index (χ1) is 14.6. The van der Waals surface area contributed by atoms with Crippen LogP contribution in [0.15, 0.2) is 60.7 Å². The van der Waals surface area contributed by atoms with Gasteiger partial charge in [-0.2, -0.15) is 0 Å². The molecule has 30 heavy (non-hydrogen) atoms. The summed E-state index contributed by atoms with van der Waals surface area (Å²) in [6, 6.07) is 19.0. The zero-order valence-corrected chi connectivity index (χ0v) is 17.0. The number of imide groups is 1. The Hall–Kier alpha value is -3.15. The van der Waals surface area contributed by atoms with Crippen molar-refractivity contribution in [2.24, 2.45) is 0 Å². The first-order valence-corrected chi connectivity index (χ1v) is 10.6. The number of nitrogens with zero attached hydrogens (tertiary/aromatic N) is 1. The molecule has 1 aliphatic carbocycles. The molecule has 1 spiro atoms. The van der Waals surface area contributed by atoms with Crippen molar-refractivity contribution in [3.05, 3.63) is 71.8 Å². The molecule has 2 aliphatic rings. The SMILES string of the molecule is O=C(CN1C(=O)NC2(CCCCC2)C1=O)N[C@@H](Cc1ccccc1)c1ccccc1. The van der Waals surface area contributed by atoms with Gasteiger partial charge in [0, 0.05) is 0 Å². The van der Waals surface area contributed by atoms with Crippen LogP contribution in [-0.4, -0.2) is 34.8 Å². The van der Waals surface area contributed by atoms with Gasteiger partial charge in [-0.15, -0.1) is 0 Å². The quantitative estimate of drug-likeness (QED) is 0.724. The second kappa shape index (κ2) is 8.69. The number of rotatable bonds is 6. The number of benzene rings is 2. The van der Waals surface area contributed by atoms with E-state index < -0.39 is 11.6 Å². The van der Waals surface area contributed by atoms with Crippen molar-refractivity contribution in [3.63, 3.8) is 0 Å². The van der Waals surface area contributed by atoms with Crippen LogP contribution in [0.25, 0.3) is 0 Å². The van der Waals surface area contributed by atoms with Crippen LogP contribution in [0.2, 0.25) is 0 Å². The summed E-state index contributed by atoms with van der Waals surface area (Å²) in [5.41, 5.74) is 1.27. The van der Waals surface area contributed by atoms with E-state index >= 15 is 0 Å². The first-order valence-electron chi connectivity index (χ1n) is 10.6. The van der Waals surface area contributed by atoms with Crippen molar-refractivity contribution in [2.75, 3.05) is 6.54 Å². The monoisotopic (exact) mass is 405 g/mol. The molecule has 1 saturated carbocycles. The molecule has 6 heteroatoms. The van der Waals surface area contributed by atoms with Crippen LogP contribution in [-0.2, 0) is 16.0 Å². The van der Waals surface area contributed by atoms with Crippen LogP contribution in [0, 0.1) is 0 Å². The molecule has 2 N–H and O–H groups in total. The van der Waals surface area contributed by atoms with Crippen molar-refractivity contribution in [1.82, 2.24) is 15.5 Å². The minimum absolute atomic E-state index is 0.245. The van der Waals surface area contributed by atoms with Crippen molar-refractivity contribution < 1.29 is 14.4 Å². The molecule has 2 fully saturated rings. The third-order valence-electron chi connectivity index (χ3n) is 6.07. The highest BCUT2D eigenvalue weighted by atomic mass is 16.2. The van der Waals surface area contributed by atoms with Crippen molar-refractivity contribution in [2.45, 2.75) is 50.1 Å². The summed E-state index contributed by atoms with van der Waals surface area (Å²) in [5.74, 6) is -0.599. The number of urea groups is 1. The zero-order valence-electron chi connectivity index (χ0n) is 17.0. The van der Waals surface area contributed by atoms with Gasteiger partial charge in [0.2, 0.25) is 5.91 Å². The Morgan fingerprint density at radius 3 is 2.27 bits per heavy atom. The number of nitrogens with one attached hydrogen (secondary N) is 2. The molecule has 0 unspecified atom stereocenters. The summed E-state index contributed by atoms with van der Waals surface area (Å²) in [6.07, 6.45) is 4.83. The summed E-state index contributed by atoms with van der Waals surface area (Å²) in [5, 5.41) is 5.89. The molecule has 2 aromatic rings. The maximum Gasteiger partial charge on any atom is 0.325 e. The van der Waals surface area contributed by atoms with Gasteiger partial charge < -0.3 is 10.6 Å². The molecule has 1 heterocycles. The van der Waals surface area contributed by atoms with Gasteiger partial charge in [-0.25, -0.2) is 4.79 Å². The fourth-order valence-electron chi connectivity index (χ4n) is 4.48. The summed E-state index contributed by atoms with van der Waals surface area (Å²) in [6.45, 7) is -0.259. The second-order valence-electron chi connectivity index (χ2n) is 8.18. The fourth-order valence-corrected chi connectivity index (χ4v) is 4.48. The number of carbonyl (C=O) groups excluding carboxylic acids is 3. The van der Waals surface area contributed by atoms with E-state index in [1.807, 2.05) is 60.7 Å². The first kappa shape index (κ1) is 20.1. The van der Waals surface area contributed by atoms with Gasteiger partial charge in [0.1, 0.15) is 12.1 Å². The van der Waals surface area contributed by atoms with Gasteiger partial charge in [-0.05, 0) is 30.4 Å². The van der Waals surface area contributed by atoms with Gasteiger partial charge in [-0.3, -0.25) is 14.5 Å². The average Bonchev–Trinajstić information content (AvgIpc) is 2.99. The normalized spacial score (nSPS) is 18.9. The van der Waals surface area contributed by atoms with Crippen LogP contribution in [0.5, 0.6) is 0 Å². The van der Waals surface area contributed by atoms with E-state index in [9.17, 15) is 14.4 Å². The van der Waals surface area contributed by atoms with Gasteiger partial charge in [-0.1, -0.05) is 79.9 Å². The molecule has 0 aromatic heterocycles. The molecule has 1 atom stereocenters. The van der Waals surface area contributed by atoms with Crippen LogP contribution in [0.1, 0.15) is 49.3 Å². The Balaban J connectivity index is 1.46. The molecule has 6 nitrogen and oxygen atoms in total. The number of hydrogen-bond donors (Lipinski definition) is 2. The maximum absolute atomic E-state index is 12.9. The Kier molecular flexibility index (Phi) is 5.84. The van der Waals surface area contributed by atoms with E-state index in [4.69, 9.17) is 0 Å². The highest BCUT2D eigenvalue weighted by Gasteiger charge is 2.51. The van der Waals surface area contributed by atoms with E-state index in [0.29, 0.717) is 19.3 Å². The number of hydrogen-bond acceptors (Lipinski definition) is 3. The smallest absolute Gasteiger partial charge is 0.325 e. The molecule has 2 aromatic carbocycles. The fraction of sp³-hybridized carbons (Fsp3) is 0.375. The van der Waals surface area contributed by atoms with Crippen LogP contribution in [0.3, 0.4) is 0 Å². The average molecular weight is 405 g/mol. The number of carbonyl (C=O) groups is 3. The van der Waals surface area contributed by atoms with Crippen molar-refractivity contribution in [3.8, 4) is 0 Å². The lowest BCUT2D eigenvalue weighted by Gasteiger charge is -2.30. The van der Waals surface area contributed by atoms with E-state index in [2.05, 4.69) is 10.6 Å². The van der Waals surface area contributed by atoms with Gasteiger partial charge >= 0.3 is 6.03 Å². The molecule has 4 rings (SSSR count). The van der Waals surface area contributed by atoms with Gasteiger partial charge in [0.25, 0.3) is 5.91 Å². The summed E-state index contributed by atoms with van der Waals surface area (Å²) in [7, 11) is 0. The third kappa shape index (κ3) is 4.22. The third-order valence-corrected chi connectivity index (χ3v) is 6.07. The Bertz CT molecular complexity index is 908. The molecule has 156 valence electrons. The minimum Gasteiger partial charge on any atom is -0.347 e. The molecule has 1 aliphatic heterocycles. The summed E-state index contributed by atoms with van der Waals surface area (Å²) < 4.78 is 0. The van der Waals surface area contributed by atoms with Crippen LogP contribution >= 0.6 is 0 Å². The lowest BCUT2D eigenvalue weighted by molar-refractivity contribution is -0.136. The van der Waals surface area contributed by atoms with Gasteiger partial charge in [0.15, 0.2) is 0 Å². The lowest BCUT2D eigenvalue weighted by Crippen LogP contribution is -2.49. The van der Waals surface area contributed by atoms with Crippen LogP contribution < -0.4 is 10.6 Å². The zero-order chi connectivity index (χ0) is 21.0. The Morgan fingerprint density at radius 2 is 1.60 bits per heavy atom. The van der Waals surface area contributed by atoms with Crippen molar-refractivity contribution in [1.29, 1.82) is 0 Å². The van der Waals surface area contributed by atoms with E-state index in [1.165, 1.54) is 0 Å². The molecule has 4 amide bonds. The van der Waals surface area contributed by atoms with Crippen molar-refractivity contribution >= 4 is 17.8 Å². The molecule has 0 bridgehead atoms.